The Kier molecular flexibility index (Phi) is 3.14. The molecule has 0 aliphatic carbocycles. The quantitative estimate of drug-likeness (QED) is 0.672. The number of rotatable bonds is 3. The van der Waals surface area contributed by atoms with Crippen LogP contribution in [0.25, 0.3) is 10.9 Å². The minimum atomic E-state index is -0.190. The van der Waals surface area contributed by atoms with E-state index in [1.54, 1.807) is 24.5 Å². The van der Waals surface area contributed by atoms with Gasteiger partial charge in [-0.25, -0.2) is 0 Å². The van der Waals surface area contributed by atoms with Crippen molar-refractivity contribution in [3.8, 4) is 0 Å². The Bertz CT molecular complexity index is 765. The van der Waals surface area contributed by atoms with Gasteiger partial charge in [0.05, 0.1) is 17.4 Å². The number of anilines is 1. The topological polar surface area (TPSA) is 96.7 Å². The standard InChI is InChI=1S/C14H13N5O/c15-7-12-5-9(3-4-16-12)14(20)18-11-1-2-13-10(6-11)8-17-19-13/h1-6,8H,7,15H2,(H,17,19)(H,18,20). The van der Waals surface area contributed by atoms with Crippen molar-refractivity contribution in [1.82, 2.24) is 15.2 Å². The smallest absolute Gasteiger partial charge is 0.255 e. The first-order chi connectivity index (χ1) is 9.76. The highest BCUT2D eigenvalue weighted by Gasteiger charge is 2.07. The van der Waals surface area contributed by atoms with Crippen LogP contribution in [-0.2, 0) is 6.54 Å². The zero-order valence-corrected chi connectivity index (χ0v) is 10.6. The number of nitrogens with two attached hydrogens (primary N) is 1. The predicted molar refractivity (Wildman–Crippen MR) is 76.2 cm³/mol. The van der Waals surface area contributed by atoms with E-state index in [-0.39, 0.29) is 5.91 Å². The first kappa shape index (κ1) is 12.3. The second kappa shape index (κ2) is 5.10. The molecule has 6 nitrogen and oxygen atoms in total. The highest BCUT2D eigenvalue weighted by Crippen LogP contribution is 2.17. The van der Waals surface area contributed by atoms with E-state index in [9.17, 15) is 4.79 Å². The number of nitrogens with one attached hydrogen (secondary N) is 2. The lowest BCUT2D eigenvalue weighted by Gasteiger charge is -2.06. The number of nitrogens with zero attached hydrogens (tertiary/aromatic N) is 2. The van der Waals surface area contributed by atoms with E-state index in [0.717, 1.165) is 16.6 Å². The van der Waals surface area contributed by atoms with E-state index in [2.05, 4.69) is 20.5 Å². The summed E-state index contributed by atoms with van der Waals surface area (Å²) in [5.41, 5.74) is 8.38. The lowest BCUT2D eigenvalue weighted by molar-refractivity contribution is 0.102. The molecule has 0 spiro atoms. The molecule has 0 saturated heterocycles. The molecule has 1 aromatic carbocycles. The average molecular weight is 267 g/mol. The minimum Gasteiger partial charge on any atom is -0.325 e. The zero-order valence-electron chi connectivity index (χ0n) is 10.6. The largest absolute Gasteiger partial charge is 0.325 e. The summed E-state index contributed by atoms with van der Waals surface area (Å²) in [7, 11) is 0. The van der Waals surface area contributed by atoms with Crippen LogP contribution in [0.4, 0.5) is 5.69 Å². The maximum atomic E-state index is 12.2. The van der Waals surface area contributed by atoms with Crippen molar-refractivity contribution in [1.29, 1.82) is 0 Å². The summed E-state index contributed by atoms with van der Waals surface area (Å²) in [6.45, 7) is 0.308. The Labute approximate surface area is 115 Å². The summed E-state index contributed by atoms with van der Waals surface area (Å²) < 4.78 is 0. The molecule has 20 heavy (non-hydrogen) atoms. The highest BCUT2D eigenvalue weighted by molar-refractivity contribution is 6.05. The number of hydrogen-bond acceptors (Lipinski definition) is 4. The Morgan fingerprint density at radius 2 is 2.20 bits per heavy atom. The molecule has 3 rings (SSSR count). The lowest BCUT2D eigenvalue weighted by Crippen LogP contribution is -2.13. The molecular formula is C14H13N5O. The van der Waals surface area contributed by atoms with Crippen molar-refractivity contribution in [3.05, 3.63) is 54.0 Å². The van der Waals surface area contributed by atoms with Gasteiger partial charge in [0.25, 0.3) is 5.91 Å². The third kappa shape index (κ3) is 2.36. The SMILES string of the molecule is NCc1cc(C(=O)Nc2ccc3[nH]ncc3c2)ccn1. The fourth-order valence-electron chi connectivity index (χ4n) is 1.95. The Hall–Kier alpha value is -2.73. The number of amides is 1. The second-order valence-corrected chi connectivity index (χ2v) is 4.37. The first-order valence-corrected chi connectivity index (χ1v) is 6.16. The van der Waals surface area contributed by atoms with E-state index in [1.807, 2.05) is 18.2 Å². The fourth-order valence-corrected chi connectivity index (χ4v) is 1.95. The van der Waals surface area contributed by atoms with Crippen molar-refractivity contribution >= 4 is 22.5 Å². The Morgan fingerprint density at radius 3 is 3.05 bits per heavy atom. The molecule has 0 atom stereocenters. The van der Waals surface area contributed by atoms with Crippen LogP contribution < -0.4 is 11.1 Å². The molecule has 2 aromatic heterocycles. The lowest BCUT2D eigenvalue weighted by atomic mass is 10.2. The third-order valence-electron chi connectivity index (χ3n) is 2.99. The van der Waals surface area contributed by atoms with E-state index in [0.29, 0.717) is 17.8 Å². The van der Waals surface area contributed by atoms with Gasteiger partial charge in [0.1, 0.15) is 0 Å². The third-order valence-corrected chi connectivity index (χ3v) is 2.99. The molecule has 0 radical (unpaired) electrons. The molecule has 0 fully saturated rings. The van der Waals surface area contributed by atoms with E-state index >= 15 is 0 Å². The summed E-state index contributed by atoms with van der Waals surface area (Å²) in [4.78, 5) is 16.2. The predicted octanol–water partition coefficient (Wildman–Crippen LogP) is 1.67. The molecular weight excluding hydrogens is 254 g/mol. The zero-order chi connectivity index (χ0) is 13.9. The molecule has 0 bridgehead atoms. The van der Waals surface area contributed by atoms with Crippen LogP contribution in [0.15, 0.2) is 42.7 Å². The van der Waals surface area contributed by atoms with Crippen molar-refractivity contribution in [2.75, 3.05) is 5.32 Å². The number of carbonyl (C=O) groups excluding carboxylic acids is 1. The van der Waals surface area contributed by atoms with E-state index in [1.165, 1.54) is 0 Å². The van der Waals surface area contributed by atoms with Gasteiger partial charge in [0.15, 0.2) is 0 Å². The van der Waals surface area contributed by atoms with Crippen LogP contribution in [-0.4, -0.2) is 21.1 Å². The molecule has 100 valence electrons. The minimum absolute atomic E-state index is 0.190. The van der Waals surface area contributed by atoms with Crippen LogP contribution in [0, 0.1) is 0 Å². The van der Waals surface area contributed by atoms with Gasteiger partial charge in [0, 0.05) is 29.4 Å². The van der Waals surface area contributed by atoms with E-state index in [4.69, 9.17) is 5.73 Å². The second-order valence-electron chi connectivity index (χ2n) is 4.37. The highest BCUT2D eigenvalue weighted by atomic mass is 16.1. The van der Waals surface area contributed by atoms with Gasteiger partial charge in [-0.1, -0.05) is 0 Å². The number of pyridine rings is 1. The number of benzene rings is 1. The van der Waals surface area contributed by atoms with Gasteiger partial charge in [-0.15, -0.1) is 0 Å². The Balaban J connectivity index is 1.83. The van der Waals surface area contributed by atoms with Gasteiger partial charge in [-0.2, -0.15) is 5.10 Å². The van der Waals surface area contributed by atoms with E-state index < -0.39 is 0 Å². The van der Waals surface area contributed by atoms with Gasteiger partial charge in [-0.05, 0) is 30.3 Å². The fraction of sp³-hybridized carbons (Fsp3) is 0.0714. The van der Waals surface area contributed by atoms with Crippen LogP contribution >= 0.6 is 0 Å². The van der Waals surface area contributed by atoms with Crippen molar-refractivity contribution in [2.45, 2.75) is 6.54 Å². The molecule has 6 heteroatoms. The monoisotopic (exact) mass is 267 g/mol. The average Bonchev–Trinajstić information content (AvgIpc) is 2.95. The number of aromatic nitrogens is 3. The van der Waals surface area contributed by atoms with Gasteiger partial charge in [-0.3, -0.25) is 14.9 Å². The van der Waals surface area contributed by atoms with Gasteiger partial charge < -0.3 is 11.1 Å². The molecule has 0 saturated carbocycles. The summed E-state index contributed by atoms with van der Waals surface area (Å²) in [5, 5.41) is 10.6. The van der Waals surface area contributed by atoms with Crippen molar-refractivity contribution in [2.24, 2.45) is 5.73 Å². The first-order valence-electron chi connectivity index (χ1n) is 6.16. The number of fused-ring (bicyclic) bond motifs is 1. The molecule has 3 aromatic rings. The molecule has 2 heterocycles. The molecule has 1 amide bonds. The van der Waals surface area contributed by atoms with Crippen LogP contribution in [0.3, 0.4) is 0 Å². The van der Waals surface area contributed by atoms with Crippen LogP contribution in [0.1, 0.15) is 16.1 Å². The van der Waals surface area contributed by atoms with Gasteiger partial charge >= 0.3 is 0 Å². The molecule has 0 unspecified atom stereocenters. The maximum absolute atomic E-state index is 12.2. The summed E-state index contributed by atoms with van der Waals surface area (Å²) >= 11 is 0. The number of H-pyrrole nitrogens is 1. The van der Waals surface area contributed by atoms with Gasteiger partial charge in [0.2, 0.25) is 0 Å². The van der Waals surface area contributed by atoms with Crippen LogP contribution in [0.2, 0.25) is 0 Å². The maximum Gasteiger partial charge on any atom is 0.255 e. The number of aromatic amines is 1. The van der Waals surface area contributed by atoms with Crippen LogP contribution in [0.5, 0.6) is 0 Å². The number of hydrogen-bond donors (Lipinski definition) is 3. The molecule has 4 N–H and O–H groups in total. The summed E-state index contributed by atoms with van der Waals surface area (Å²) in [6.07, 6.45) is 3.29. The summed E-state index contributed by atoms with van der Waals surface area (Å²) in [6, 6.07) is 8.90. The van der Waals surface area contributed by atoms with Crippen molar-refractivity contribution in [3.63, 3.8) is 0 Å². The van der Waals surface area contributed by atoms with Crippen molar-refractivity contribution < 1.29 is 4.79 Å². The molecule has 0 aliphatic heterocycles. The normalized spacial score (nSPS) is 10.7. The number of carbonyl (C=O) groups is 1. The summed E-state index contributed by atoms with van der Waals surface area (Å²) in [5.74, 6) is -0.190. The molecule has 0 aliphatic rings. The Morgan fingerprint density at radius 1 is 1.30 bits per heavy atom.